The molecule has 2 aromatic carbocycles. The van der Waals surface area contributed by atoms with Crippen molar-refractivity contribution in [2.75, 3.05) is 13.1 Å². The molecule has 0 aliphatic carbocycles. The van der Waals surface area contributed by atoms with Gasteiger partial charge in [-0.05, 0) is 36.6 Å². The van der Waals surface area contributed by atoms with Crippen molar-refractivity contribution in [3.8, 4) is 0 Å². The second kappa shape index (κ2) is 7.19. The highest BCUT2D eigenvalue weighted by atomic mass is 16.2. The van der Waals surface area contributed by atoms with E-state index in [9.17, 15) is 9.59 Å². The summed E-state index contributed by atoms with van der Waals surface area (Å²) in [6.45, 7) is 3.02. The fourth-order valence-electron chi connectivity index (χ4n) is 3.51. The summed E-state index contributed by atoms with van der Waals surface area (Å²) in [7, 11) is 0. The number of carbonyl (C=O) groups excluding carboxylic acids is 1. The number of nitrogens with zero attached hydrogens (tertiary/aromatic N) is 3. The van der Waals surface area contributed by atoms with E-state index in [2.05, 4.69) is 23.2 Å². The minimum absolute atomic E-state index is 0.0248. The van der Waals surface area contributed by atoms with Gasteiger partial charge in [-0.2, -0.15) is 0 Å². The Kier molecular flexibility index (Phi) is 4.59. The van der Waals surface area contributed by atoms with E-state index in [1.807, 2.05) is 36.4 Å². The monoisotopic (exact) mass is 359 g/mol. The molecule has 0 saturated carbocycles. The number of hydrogen-bond donors (Lipinski definition) is 0. The molecule has 136 valence electrons. The van der Waals surface area contributed by atoms with Crippen LogP contribution in [0.4, 0.5) is 0 Å². The molecule has 0 N–H and O–H groups in total. The molecule has 4 rings (SSSR count). The van der Waals surface area contributed by atoms with E-state index in [-0.39, 0.29) is 18.0 Å². The highest BCUT2D eigenvalue weighted by molar-refractivity contribution is 5.80. The lowest BCUT2D eigenvalue weighted by atomic mass is 9.99. The molecule has 5 nitrogen and oxygen atoms in total. The predicted molar refractivity (Wildman–Crippen MR) is 106 cm³/mol. The number of amides is 1. The molecule has 0 fully saturated rings. The van der Waals surface area contributed by atoms with E-state index in [0.717, 1.165) is 6.42 Å². The highest BCUT2D eigenvalue weighted by Gasteiger charge is 2.20. The zero-order valence-electron chi connectivity index (χ0n) is 15.3. The Hall–Kier alpha value is -3.21. The van der Waals surface area contributed by atoms with Crippen LogP contribution in [0.15, 0.2) is 65.5 Å². The van der Waals surface area contributed by atoms with Crippen molar-refractivity contribution in [2.24, 2.45) is 0 Å². The van der Waals surface area contributed by atoms with Crippen molar-refractivity contribution in [3.63, 3.8) is 0 Å². The Morgan fingerprint density at radius 3 is 2.56 bits per heavy atom. The van der Waals surface area contributed by atoms with Crippen LogP contribution in [0.5, 0.6) is 0 Å². The fourth-order valence-corrected chi connectivity index (χ4v) is 3.51. The molecule has 3 aromatic rings. The molecule has 1 aliphatic rings. The average Bonchev–Trinajstić information content (AvgIpc) is 2.72. The van der Waals surface area contributed by atoms with Crippen molar-refractivity contribution in [1.82, 2.24) is 14.5 Å². The molecule has 5 heteroatoms. The largest absolute Gasteiger partial charge is 0.337 e. The first-order valence-electron chi connectivity index (χ1n) is 9.12. The van der Waals surface area contributed by atoms with Crippen molar-refractivity contribution < 1.29 is 4.79 Å². The van der Waals surface area contributed by atoms with E-state index in [1.54, 1.807) is 17.9 Å². The van der Waals surface area contributed by atoms with Gasteiger partial charge in [0.05, 0.1) is 10.9 Å². The molecule has 0 spiro atoms. The number of aryl methyl sites for hydroxylation is 1. The fraction of sp³-hybridized carbons (Fsp3) is 0.227. The van der Waals surface area contributed by atoms with Gasteiger partial charge in [0.2, 0.25) is 5.91 Å². The molecule has 0 bridgehead atoms. The van der Waals surface area contributed by atoms with E-state index < -0.39 is 0 Å². The standard InChI is InChI=1S/C22H21N3O2/c1-16-23-20-10-6-5-9-19(20)22(27)25(16)15-21(26)24-13-11-18(12-14-24)17-7-3-2-4-8-17/h2-11H,12-15H2,1H3. The van der Waals surface area contributed by atoms with Crippen LogP contribution < -0.4 is 5.56 Å². The quantitative estimate of drug-likeness (QED) is 0.722. The van der Waals surface area contributed by atoms with E-state index in [0.29, 0.717) is 29.8 Å². The number of rotatable bonds is 3. The normalized spacial score (nSPS) is 14.3. The third-order valence-electron chi connectivity index (χ3n) is 5.05. The topological polar surface area (TPSA) is 55.2 Å². The molecular formula is C22H21N3O2. The molecular weight excluding hydrogens is 338 g/mol. The summed E-state index contributed by atoms with van der Waals surface area (Å²) >= 11 is 0. The van der Waals surface area contributed by atoms with Crippen molar-refractivity contribution in [1.29, 1.82) is 0 Å². The van der Waals surface area contributed by atoms with Crippen LogP contribution >= 0.6 is 0 Å². The minimum Gasteiger partial charge on any atom is -0.337 e. The number of fused-ring (bicyclic) bond motifs is 1. The second-order valence-electron chi connectivity index (χ2n) is 6.75. The van der Waals surface area contributed by atoms with Gasteiger partial charge in [-0.3, -0.25) is 14.2 Å². The number of aromatic nitrogens is 2. The summed E-state index contributed by atoms with van der Waals surface area (Å²) in [5, 5.41) is 0.542. The van der Waals surface area contributed by atoms with Gasteiger partial charge >= 0.3 is 0 Å². The van der Waals surface area contributed by atoms with Crippen LogP contribution in [-0.2, 0) is 11.3 Å². The van der Waals surface area contributed by atoms with Crippen LogP contribution in [0.2, 0.25) is 0 Å². The van der Waals surface area contributed by atoms with E-state index in [4.69, 9.17) is 0 Å². The van der Waals surface area contributed by atoms with Crippen molar-refractivity contribution in [3.05, 3.63) is 82.4 Å². The van der Waals surface area contributed by atoms with Gasteiger partial charge < -0.3 is 4.90 Å². The third kappa shape index (κ3) is 3.40. The van der Waals surface area contributed by atoms with Crippen LogP contribution in [0.1, 0.15) is 17.8 Å². The predicted octanol–water partition coefficient (Wildman–Crippen LogP) is 3.02. The number of benzene rings is 2. The summed E-state index contributed by atoms with van der Waals surface area (Å²) < 4.78 is 1.47. The van der Waals surface area contributed by atoms with Gasteiger partial charge in [-0.1, -0.05) is 48.5 Å². The summed E-state index contributed by atoms with van der Waals surface area (Å²) in [6, 6.07) is 17.5. The minimum atomic E-state index is -0.163. The molecule has 1 aromatic heterocycles. The Labute approximate surface area is 157 Å². The molecule has 0 unspecified atom stereocenters. The van der Waals surface area contributed by atoms with Gasteiger partial charge in [0.1, 0.15) is 12.4 Å². The Balaban J connectivity index is 1.53. The SMILES string of the molecule is Cc1nc2ccccc2c(=O)n1CC(=O)N1CC=C(c2ccccc2)CC1. The van der Waals surface area contributed by atoms with Gasteiger partial charge in [0.25, 0.3) is 5.56 Å². The molecule has 0 radical (unpaired) electrons. The van der Waals surface area contributed by atoms with Crippen LogP contribution in [-0.4, -0.2) is 33.4 Å². The van der Waals surface area contributed by atoms with E-state index >= 15 is 0 Å². The first-order valence-corrected chi connectivity index (χ1v) is 9.12. The lowest BCUT2D eigenvalue weighted by molar-refractivity contribution is -0.131. The average molecular weight is 359 g/mol. The second-order valence-corrected chi connectivity index (χ2v) is 6.75. The number of carbonyl (C=O) groups is 1. The van der Waals surface area contributed by atoms with Gasteiger partial charge in [0.15, 0.2) is 0 Å². The lowest BCUT2D eigenvalue weighted by Crippen LogP contribution is -2.39. The maximum absolute atomic E-state index is 12.8. The molecule has 27 heavy (non-hydrogen) atoms. The number of para-hydroxylation sites is 1. The zero-order chi connectivity index (χ0) is 18.8. The number of hydrogen-bond acceptors (Lipinski definition) is 3. The van der Waals surface area contributed by atoms with E-state index in [1.165, 1.54) is 15.7 Å². The van der Waals surface area contributed by atoms with Crippen LogP contribution in [0, 0.1) is 6.92 Å². The van der Waals surface area contributed by atoms with Crippen LogP contribution in [0.25, 0.3) is 16.5 Å². The Morgan fingerprint density at radius 1 is 1.07 bits per heavy atom. The summed E-state index contributed by atoms with van der Waals surface area (Å²) in [5.74, 6) is 0.505. The van der Waals surface area contributed by atoms with Crippen molar-refractivity contribution >= 4 is 22.4 Å². The van der Waals surface area contributed by atoms with Gasteiger partial charge in [0, 0.05) is 13.1 Å². The molecule has 2 heterocycles. The summed E-state index contributed by atoms with van der Waals surface area (Å²) in [6.07, 6.45) is 2.92. The van der Waals surface area contributed by atoms with Crippen LogP contribution in [0.3, 0.4) is 0 Å². The molecule has 0 atom stereocenters. The maximum atomic E-state index is 12.8. The van der Waals surface area contributed by atoms with Gasteiger partial charge in [-0.15, -0.1) is 0 Å². The highest BCUT2D eigenvalue weighted by Crippen LogP contribution is 2.22. The molecule has 0 saturated heterocycles. The summed E-state index contributed by atoms with van der Waals surface area (Å²) in [4.78, 5) is 31.8. The zero-order valence-corrected chi connectivity index (χ0v) is 15.3. The third-order valence-corrected chi connectivity index (χ3v) is 5.05. The smallest absolute Gasteiger partial charge is 0.261 e. The van der Waals surface area contributed by atoms with Gasteiger partial charge in [-0.25, -0.2) is 4.98 Å². The summed E-state index contributed by atoms with van der Waals surface area (Å²) in [5.41, 5.74) is 2.97. The Morgan fingerprint density at radius 2 is 1.81 bits per heavy atom. The molecule has 1 amide bonds. The maximum Gasteiger partial charge on any atom is 0.261 e. The first kappa shape index (κ1) is 17.2. The lowest BCUT2D eigenvalue weighted by Gasteiger charge is -2.27. The first-order chi connectivity index (χ1) is 13.1. The Bertz CT molecular complexity index is 1080. The van der Waals surface area contributed by atoms with Crippen molar-refractivity contribution in [2.45, 2.75) is 19.9 Å². The molecule has 1 aliphatic heterocycles.